The van der Waals surface area contributed by atoms with Crippen LogP contribution in [0.2, 0.25) is 0 Å². The minimum absolute atomic E-state index is 0.116. The van der Waals surface area contributed by atoms with E-state index in [1.807, 2.05) is 6.07 Å². The summed E-state index contributed by atoms with van der Waals surface area (Å²) in [7, 11) is 0. The van der Waals surface area contributed by atoms with E-state index in [1.165, 1.54) is 35.5 Å². The van der Waals surface area contributed by atoms with Crippen LogP contribution >= 0.6 is 23.5 Å². The number of hydrogen-bond acceptors (Lipinski definition) is 6. The summed E-state index contributed by atoms with van der Waals surface area (Å²) in [5.74, 6) is 4.46. The Hall–Kier alpha value is -1.76. The van der Waals surface area contributed by atoms with Crippen molar-refractivity contribution >= 4 is 29.1 Å². The zero-order chi connectivity index (χ0) is 23.5. The molecule has 1 fully saturated rings. The maximum absolute atomic E-state index is 10.1. The molecule has 0 radical (unpaired) electrons. The lowest BCUT2D eigenvalue weighted by Gasteiger charge is -2.44. The number of nitrogens with zero attached hydrogens (tertiary/aromatic N) is 1. The largest absolute Gasteiger partial charge is 0.508 e. The Morgan fingerprint density at radius 3 is 2.59 bits per heavy atom. The minimum atomic E-state index is -0.116. The molecule has 2 aromatic carbocycles. The fraction of sp³-hybridized carbons (Fsp3) is 0.500. The van der Waals surface area contributed by atoms with Gasteiger partial charge >= 0.3 is 0 Å². The summed E-state index contributed by atoms with van der Waals surface area (Å²) >= 11 is 4.30. The summed E-state index contributed by atoms with van der Waals surface area (Å²) in [5, 5.41) is 10.1. The van der Waals surface area contributed by atoms with Crippen LogP contribution in [0.4, 0.5) is 0 Å². The van der Waals surface area contributed by atoms with Crippen molar-refractivity contribution in [2.45, 2.75) is 49.7 Å². The number of likely N-dealkylation sites (N-methyl/N-ethyl adjacent to an activating group) is 1. The van der Waals surface area contributed by atoms with Gasteiger partial charge < -0.3 is 19.5 Å². The van der Waals surface area contributed by atoms with Gasteiger partial charge in [-0.2, -0.15) is 0 Å². The van der Waals surface area contributed by atoms with Gasteiger partial charge in [0, 0.05) is 18.2 Å². The van der Waals surface area contributed by atoms with Gasteiger partial charge in [-0.05, 0) is 91.3 Å². The summed E-state index contributed by atoms with van der Waals surface area (Å²) in [6, 6.07) is 14.0. The zero-order valence-corrected chi connectivity index (χ0v) is 21.9. The maximum Gasteiger partial charge on any atom is 0.146 e. The lowest BCUT2D eigenvalue weighted by Crippen LogP contribution is -2.33. The van der Waals surface area contributed by atoms with E-state index in [2.05, 4.69) is 66.5 Å². The van der Waals surface area contributed by atoms with Crippen LogP contribution in [-0.2, 0) is 0 Å². The van der Waals surface area contributed by atoms with Crippen molar-refractivity contribution < 1.29 is 14.6 Å². The highest BCUT2D eigenvalue weighted by Crippen LogP contribution is 2.58. The summed E-state index contributed by atoms with van der Waals surface area (Å²) in [6.07, 6.45) is 4.52. The van der Waals surface area contributed by atoms with Gasteiger partial charge in [-0.15, -0.1) is 23.5 Å². The van der Waals surface area contributed by atoms with E-state index < -0.39 is 0 Å². The molecule has 1 saturated heterocycles. The molecule has 2 heterocycles. The first-order chi connectivity index (χ1) is 16.6. The van der Waals surface area contributed by atoms with Crippen LogP contribution in [0.25, 0.3) is 5.57 Å². The molecule has 0 amide bonds. The van der Waals surface area contributed by atoms with E-state index in [0.717, 1.165) is 55.1 Å². The second-order valence-corrected chi connectivity index (χ2v) is 12.5. The smallest absolute Gasteiger partial charge is 0.146 e. The SMILES string of the molecule is CCN(CC)CCOc1ccc(C2Oc3cc(O)ccc3C3=C2CC2(CC3)SCCCS2)cc1. The van der Waals surface area contributed by atoms with Gasteiger partial charge in [0.1, 0.15) is 30.0 Å². The van der Waals surface area contributed by atoms with E-state index in [0.29, 0.717) is 6.61 Å². The molecule has 6 heteroatoms. The van der Waals surface area contributed by atoms with E-state index in [4.69, 9.17) is 9.47 Å². The summed E-state index contributed by atoms with van der Waals surface area (Å²) in [6.45, 7) is 8.09. The number of aromatic hydroxyl groups is 1. The summed E-state index contributed by atoms with van der Waals surface area (Å²) in [4.78, 5) is 2.37. The average Bonchev–Trinajstić information content (AvgIpc) is 2.87. The van der Waals surface area contributed by atoms with Gasteiger partial charge in [-0.3, -0.25) is 0 Å². The number of thioether (sulfide) groups is 2. The Kier molecular flexibility index (Phi) is 7.38. The van der Waals surface area contributed by atoms with Gasteiger partial charge in [-0.1, -0.05) is 26.0 Å². The third-order valence-corrected chi connectivity index (χ3v) is 10.7. The molecule has 1 unspecified atom stereocenters. The molecular formula is C28H35NO3S2. The lowest BCUT2D eigenvalue weighted by molar-refractivity contribution is 0.221. The molecule has 4 nitrogen and oxygen atoms in total. The van der Waals surface area contributed by atoms with Crippen LogP contribution < -0.4 is 9.47 Å². The molecule has 3 aliphatic rings. The van der Waals surface area contributed by atoms with Crippen molar-refractivity contribution in [2.75, 3.05) is 37.7 Å². The van der Waals surface area contributed by atoms with Crippen molar-refractivity contribution in [1.82, 2.24) is 4.90 Å². The van der Waals surface area contributed by atoms with E-state index in [-0.39, 0.29) is 15.9 Å². The quantitative estimate of drug-likeness (QED) is 0.456. The second-order valence-electron chi connectivity index (χ2n) is 9.26. The van der Waals surface area contributed by atoms with E-state index in [9.17, 15) is 5.11 Å². The lowest BCUT2D eigenvalue weighted by atomic mass is 9.80. The predicted molar refractivity (Wildman–Crippen MR) is 144 cm³/mol. The molecule has 0 aromatic heterocycles. The highest BCUT2D eigenvalue weighted by molar-refractivity contribution is 8.18. The number of fused-ring (bicyclic) bond motifs is 2. The van der Waals surface area contributed by atoms with Crippen molar-refractivity contribution in [3.63, 3.8) is 0 Å². The molecule has 1 atom stereocenters. The monoisotopic (exact) mass is 497 g/mol. The van der Waals surface area contributed by atoms with Crippen LogP contribution in [0.15, 0.2) is 48.0 Å². The van der Waals surface area contributed by atoms with Gasteiger partial charge in [0.05, 0.1) is 4.08 Å². The number of allylic oxidation sites excluding steroid dienone is 1. The fourth-order valence-corrected chi connectivity index (χ4v) is 8.62. The standard InChI is InChI=1S/C28H35NO3S2/c1-3-29(4-2)14-15-31-22-9-6-20(7-10-22)27-25-19-28(33-16-5-17-34-28)13-12-23(25)24-11-8-21(30)18-26(24)32-27/h6-11,18,27,30H,3-5,12-17,19H2,1-2H3. The van der Waals surface area contributed by atoms with Gasteiger partial charge in [-0.25, -0.2) is 0 Å². The van der Waals surface area contributed by atoms with Crippen LogP contribution in [-0.4, -0.2) is 51.8 Å². The number of hydrogen-bond donors (Lipinski definition) is 1. The first kappa shape index (κ1) is 24.0. The second kappa shape index (κ2) is 10.5. The number of ether oxygens (including phenoxy) is 2. The normalized spacial score (nSPS) is 21.2. The third kappa shape index (κ3) is 4.95. The molecule has 2 aromatic rings. The van der Waals surface area contributed by atoms with Crippen LogP contribution in [0.5, 0.6) is 17.2 Å². The molecule has 1 aliphatic carbocycles. The molecular weight excluding hydrogens is 462 g/mol. The molecule has 1 spiro atoms. The Morgan fingerprint density at radius 2 is 1.85 bits per heavy atom. The van der Waals surface area contributed by atoms with Crippen LogP contribution in [0.1, 0.15) is 56.8 Å². The van der Waals surface area contributed by atoms with E-state index in [1.54, 1.807) is 12.1 Å². The van der Waals surface area contributed by atoms with Gasteiger partial charge in [0.15, 0.2) is 0 Å². The van der Waals surface area contributed by atoms with Crippen molar-refractivity contribution in [1.29, 1.82) is 0 Å². The number of phenols is 1. The topological polar surface area (TPSA) is 41.9 Å². The molecule has 5 rings (SSSR count). The van der Waals surface area contributed by atoms with Crippen molar-refractivity contribution in [3.8, 4) is 17.2 Å². The Bertz CT molecular complexity index is 1030. The molecule has 34 heavy (non-hydrogen) atoms. The fourth-order valence-electron chi connectivity index (χ4n) is 5.28. The maximum atomic E-state index is 10.1. The third-order valence-electron chi connectivity index (χ3n) is 7.23. The number of rotatable bonds is 7. The number of benzene rings is 2. The molecule has 2 aliphatic heterocycles. The summed E-state index contributed by atoms with van der Waals surface area (Å²) < 4.78 is 12.9. The zero-order valence-electron chi connectivity index (χ0n) is 20.2. The molecule has 0 bridgehead atoms. The highest BCUT2D eigenvalue weighted by Gasteiger charge is 2.43. The van der Waals surface area contributed by atoms with Gasteiger partial charge in [0.25, 0.3) is 0 Å². The average molecular weight is 498 g/mol. The summed E-state index contributed by atoms with van der Waals surface area (Å²) in [5.41, 5.74) is 5.14. The van der Waals surface area contributed by atoms with Crippen LogP contribution in [0, 0.1) is 0 Å². The molecule has 182 valence electrons. The number of phenolic OH excluding ortho intramolecular Hbond substituents is 1. The first-order valence-electron chi connectivity index (χ1n) is 12.6. The Morgan fingerprint density at radius 1 is 1.09 bits per heavy atom. The van der Waals surface area contributed by atoms with Crippen molar-refractivity contribution in [3.05, 3.63) is 59.2 Å². The molecule has 1 N–H and O–H groups in total. The Balaban J connectivity index is 1.40. The van der Waals surface area contributed by atoms with E-state index >= 15 is 0 Å². The molecule has 0 saturated carbocycles. The highest BCUT2D eigenvalue weighted by atomic mass is 32.2. The predicted octanol–water partition coefficient (Wildman–Crippen LogP) is 6.75. The van der Waals surface area contributed by atoms with Gasteiger partial charge in [0.2, 0.25) is 0 Å². The minimum Gasteiger partial charge on any atom is -0.508 e. The van der Waals surface area contributed by atoms with Crippen LogP contribution in [0.3, 0.4) is 0 Å². The van der Waals surface area contributed by atoms with Crippen molar-refractivity contribution in [2.24, 2.45) is 0 Å². The first-order valence-corrected chi connectivity index (χ1v) is 14.5. The Labute approximate surface area is 212 Å².